The number of halogens is 2. The largest absolute Gasteiger partial charge is 0.398 e. The van der Waals surface area contributed by atoms with Crippen molar-refractivity contribution in [2.45, 2.75) is 4.90 Å². The molecule has 0 aliphatic carbocycles. The van der Waals surface area contributed by atoms with E-state index in [1.54, 1.807) is 6.07 Å². The maximum atomic E-state index is 13.5. The molecule has 0 unspecified atom stereocenters. The first-order valence-corrected chi connectivity index (χ1v) is 7.08. The van der Waals surface area contributed by atoms with Crippen molar-refractivity contribution in [3.05, 3.63) is 53.3 Å². The van der Waals surface area contributed by atoms with Crippen molar-refractivity contribution < 1.29 is 12.8 Å². The predicted molar refractivity (Wildman–Crippen MR) is 73.1 cm³/mol. The first-order valence-electron chi connectivity index (χ1n) is 5.22. The molecule has 0 fully saturated rings. The van der Waals surface area contributed by atoms with Crippen LogP contribution >= 0.6 is 11.6 Å². The standard InChI is InChI=1S/C12H10ClFN2O2S/c13-8-5-6-9(14)11(7-8)16-19(17,18)12-4-2-1-3-10(12)15/h1-7,16H,15H2. The first kappa shape index (κ1) is 13.6. The smallest absolute Gasteiger partial charge is 0.264 e. The summed E-state index contributed by atoms with van der Waals surface area (Å²) in [6, 6.07) is 9.50. The minimum absolute atomic E-state index is 0.0810. The molecule has 0 bridgehead atoms. The van der Waals surface area contributed by atoms with Gasteiger partial charge in [-0.05, 0) is 30.3 Å². The van der Waals surface area contributed by atoms with Crippen molar-refractivity contribution >= 4 is 33.0 Å². The maximum absolute atomic E-state index is 13.5. The summed E-state index contributed by atoms with van der Waals surface area (Å²) in [5, 5.41) is 0.222. The lowest BCUT2D eigenvalue weighted by Gasteiger charge is -2.10. The average molecular weight is 301 g/mol. The van der Waals surface area contributed by atoms with E-state index in [0.717, 1.165) is 6.07 Å². The van der Waals surface area contributed by atoms with Gasteiger partial charge in [-0.1, -0.05) is 23.7 Å². The van der Waals surface area contributed by atoms with Gasteiger partial charge in [0.2, 0.25) is 0 Å². The Hall–Kier alpha value is -1.79. The zero-order valence-corrected chi connectivity index (χ0v) is 11.2. The van der Waals surface area contributed by atoms with E-state index < -0.39 is 15.8 Å². The van der Waals surface area contributed by atoms with Crippen LogP contribution in [-0.4, -0.2) is 8.42 Å². The fourth-order valence-corrected chi connectivity index (χ4v) is 2.86. The van der Waals surface area contributed by atoms with E-state index in [2.05, 4.69) is 4.72 Å². The summed E-state index contributed by atoms with van der Waals surface area (Å²) in [4.78, 5) is -0.116. The fraction of sp³-hybridized carbons (Fsp3) is 0. The molecule has 0 spiro atoms. The van der Waals surface area contributed by atoms with Gasteiger partial charge >= 0.3 is 0 Å². The number of nitrogens with two attached hydrogens (primary N) is 1. The van der Waals surface area contributed by atoms with Gasteiger partial charge in [-0.15, -0.1) is 0 Å². The van der Waals surface area contributed by atoms with Gasteiger partial charge in [0.25, 0.3) is 10.0 Å². The van der Waals surface area contributed by atoms with Gasteiger partial charge in [0, 0.05) is 5.02 Å². The van der Waals surface area contributed by atoms with Crippen molar-refractivity contribution in [2.24, 2.45) is 0 Å². The molecular weight excluding hydrogens is 291 g/mol. The molecule has 0 radical (unpaired) electrons. The van der Waals surface area contributed by atoms with Gasteiger partial charge in [-0.3, -0.25) is 4.72 Å². The third kappa shape index (κ3) is 2.97. The molecule has 2 rings (SSSR count). The van der Waals surface area contributed by atoms with Crippen LogP contribution in [0.1, 0.15) is 0 Å². The quantitative estimate of drug-likeness (QED) is 0.856. The molecule has 0 atom stereocenters. The molecule has 7 heteroatoms. The predicted octanol–water partition coefficient (Wildman–Crippen LogP) is 2.86. The molecule has 0 saturated heterocycles. The van der Waals surface area contributed by atoms with Crippen molar-refractivity contribution in [1.29, 1.82) is 0 Å². The van der Waals surface area contributed by atoms with Crippen molar-refractivity contribution in [2.75, 3.05) is 10.5 Å². The molecular formula is C12H10ClFN2O2S. The van der Waals surface area contributed by atoms with Crippen LogP contribution < -0.4 is 10.5 Å². The van der Waals surface area contributed by atoms with Gasteiger partial charge < -0.3 is 5.73 Å². The molecule has 3 N–H and O–H groups in total. The summed E-state index contributed by atoms with van der Waals surface area (Å²) < 4.78 is 39.8. The third-order valence-corrected chi connectivity index (χ3v) is 4.06. The van der Waals surface area contributed by atoms with Gasteiger partial charge in [0.15, 0.2) is 0 Å². The Morgan fingerprint density at radius 2 is 1.84 bits per heavy atom. The second kappa shape index (κ2) is 5.07. The number of hydrogen-bond donors (Lipinski definition) is 2. The van der Waals surface area contributed by atoms with Gasteiger partial charge in [0.05, 0.1) is 11.4 Å². The van der Waals surface area contributed by atoms with E-state index in [1.807, 2.05) is 0 Å². The zero-order chi connectivity index (χ0) is 14.0. The van der Waals surface area contributed by atoms with Crippen LogP contribution in [-0.2, 0) is 10.0 Å². The van der Waals surface area contributed by atoms with E-state index in [9.17, 15) is 12.8 Å². The Morgan fingerprint density at radius 1 is 1.16 bits per heavy atom. The summed E-state index contributed by atoms with van der Waals surface area (Å²) in [6.45, 7) is 0. The lowest BCUT2D eigenvalue weighted by molar-refractivity contribution is 0.599. The third-order valence-electron chi connectivity index (χ3n) is 2.38. The normalized spacial score (nSPS) is 11.3. The van der Waals surface area contributed by atoms with Gasteiger partial charge in [0.1, 0.15) is 10.7 Å². The molecule has 2 aromatic rings. The van der Waals surface area contributed by atoms with Crippen molar-refractivity contribution in [3.63, 3.8) is 0 Å². The number of benzene rings is 2. The number of nitrogens with one attached hydrogen (secondary N) is 1. The average Bonchev–Trinajstić information content (AvgIpc) is 2.34. The van der Waals surface area contributed by atoms with Crippen LogP contribution in [0, 0.1) is 5.82 Å². The summed E-state index contributed by atoms with van der Waals surface area (Å²) in [7, 11) is -3.96. The number of para-hydroxylation sites is 1. The summed E-state index contributed by atoms with van der Waals surface area (Å²) in [6.07, 6.45) is 0. The SMILES string of the molecule is Nc1ccccc1S(=O)(=O)Nc1cc(Cl)ccc1F. The molecule has 0 aromatic heterocycles. The summed E-state index contributed by atoms with van der Waals surface area (Å²) in [5.74, 6) is -0.720. The lowest BCUT2D eigenvalue weighted by Crippen LogP contribution is -2.15. The highest BCUT2D eigenvalue weighted by Gasteiger charge is 2.18. The Labute approximate surface area is 115 Å². The van der Waals surface area contributed by atoms with E-state index in [-0.39, 0.29) is 21.3 Å². The highest BCUT2D eigenvalue weighted by Crippen LogP contribution is 2.24. The minimum atomic E-state index is -3.96. The van der Waals surface area contributed by atoms with Gasteiger partial charge in [-0.25, -0.2) is 12.8 Å². The second-order valence-electron chi connectivity index (χ2n) is 3.77. The monoisotopic (exact) mass is 300 g/mol. The highest BCUT2D eigenvalue weighted by atomic mass is 35.5. The number of sulfonamides is 1. The number of anilines is 2. The van der Waals surface area contributed by atoms with Crippen LogP contribution in [0.15, 0.2) is 47.4 Å². The Bertz CT molecular complexity index is 719. The summed E-state index contributed by atoms with van der Waals surface area (Å²) >= 11 is 5.70. The van der Waals surface area contributed by atoms with Crippen molar-refractivity contribution in [3.8, 4) is 0 Å². The van der Waals surface area contributed by atoms with E-state index >= 15 is 0 Å². The van der Waals surface area contributed by atoms with Crippen LogP contribution in [0.5, 0.6) is 0 Å². The first-order chi connectivity index (χ1) is 8.90. The number of nitrogen functional groups attached to an aromatic ring is 1. The lowest BCUT2D eigenvalue weighted by atomic mass is 10.3. The van der Waals surface area contributed by atoms with Crippen LogP contribution in [0.2, 0.25) is 5.02 Å². The van der Waals surface area contributed by atoms with E-state index in [0.29, 0.717) is 0 Å². The Balaban J connectivity index is 2.43. The van der Waals surface area contributed by atoms with Gasteiger partial charge in [-0.2, -0.15) is 0 Å². The van der Waals surface area contributed by atoms with Crippen LogP contribution in [0.25, 0.3) is 0 Å². The van der Waals surface area contributed by atoms with Crippen LogP contribution in [0.3, 0.4) is 0 Å². The van der Waals surface area contributed by atoms with E-state index in [4.69, 9.17) is 17.3 Å². The Morgan fingerprint density at radius 3 is 2.53 bits per heavy atom. The maximum Gasteiger partial charge on any atom is 0.264 e. The second-order valence-corrected chi connectivity index (χ2v) is 5.85. The molecule has 4 nitrogen and oxygen atoms in total. The minimum Gasteiger partial charge on any atom is -0.398 e. The molecule has 100 valence electrons. The fourth-order valence-electron chi connectivity index (χ4n) is 1.50. The van der Waals surface area contributed by atoms with E-state index in [1.165, 1.54) is 30.3 Å². The summed E-state index contributed by atoms with van der Waals surface area (Å²) in [5.41, 5.74) is 5.44. The molecule has 2 aromatic carbocycles. The highest BCUT2D eigenvalue weighted by molar-refractivity contribution is 7.92. The number of hydrogen-bond acceptors (Lipinski definition) is 3. The molecule has 0 heterocycles. The molecule has 0 aliphatic heterocycles. The van der Waals surface area contributed by atoms with Crippen LogP contribution in [0.4, 0.5) is 15.8 Å². The topological polar surface area (TPSA) is 72.2 Å². The molecule has 0 saturated carbocycles. The molecule has 0 amide bonds. The molecule has 19 heavy (non-hydrogen) atoms. The zero-order valence-electron chi connectivity index (χ0n) is 9.60. The number of rotatable bonds is 3. The Kier molecular flexibility index (Phi) is 3.64. The van der Waals surface area contributed by atoms with Crippen molar-refractivity contribution in [1.82, 2.24) is 0 Å². The molecule has 0 aliphatic rings.